The monoisotopic (exact) mass is 427 g/mol. The largest absolute Gasteiger partial charge is 0.534 e. The van der Waals surface area contributed by atoms with Crippen LogP contribution in [-0.4, -0.2) is 35.3 Å². The molecular formula is C14H10F5N3O5S. The SMILES string of the molecule is O=c1c2c(c(OS(=O)(=O)C(F)(F)F)nn1-c1ccc(OC(F)F)nc1)CCC2. The highest BCUT2D eigenvalue weighted by molar-refractivity contribution is 7.87. The summed E-state index contributed by atoms with van der Waals surface area (Å²) in [5.41, 5.74) is -6.49. The zero-order chi connectivity index (χ0) is 20.7. The average molecular weight is 427 g/mol. The number of alkyl halides is 5. The summed E-state index contributed by atoms with van der Waals surface area (Å²) in [5, 5.41) is 3.58. The molecule has 2 heterocycles. The molecule has 0 amide bonds. The molecule has 0 radical (unpaired) electrons. The fraction of sp³-hybridized carbons (Fsp3) is 0.357. The number of hydrogen-bond donors (Lipinski definition) is 0. The van der Waals surface area contributed by atoms with Crippen LogP contribution in [0.25, 0.3) is 5.69 Å². The topological polar surface area (TPSA) is 100 Å². The summed E-state index contributed by atoms with van der Waals surface area (Å²) in [6.45, 7) is -3.13. The smallest absolute Gasteiger partial charge is 0.417 e. The lowest BCUT2D eigenvalue weighted by Gasteiger charge is -2.14. The van der Waals surface area contributed by atoms with Crippen LogP contribution in [0.5, 0.6) is 11.8 Å². The molecule has 0 fully saturated rings. The number of halogens is 5. The standard InChI is InChI=1S/C14H10F5N3O5S/c15-13(16)26-10-5-4-7(6-20-10)22-12(23)9-3-1-2-8(9)11(21-22)27-28(24,25)14(17,18)19/h4-6,13H,1-3H2. The van der Waals surface area contributed by atoms with Gasteiger partial charge in [-0.3, -0.25) is 4.79 Å². The Hall–Kier alpha value is -2.77. The van der Waals surface area contributed by atoms with Gasteiger partial charge in [-0.25, -0.2) is 4.98 Å². The van der Waals surface area contributed by atoms with Crippen molar-refractivity contribution in [1.29, 1.82) is 0 Å². The first-order chi connectivity index (χ1) is 13.0. The molecule has 0 spiro atoms. The van der Waals surface area contributed by atoms with Crippen LogP contribution in [0.15, 0.2) is 23.1 Å². The highest BCUT2D eigenvalue weighted by Crippen LogP contribution is 2.31. The molecule has 14 heteroatoms. The molecule has 3 rings (SSSR count). The van der Waals surface area contributed by atoms with Crippen LogP contribution in [0.1, 0.15) is 17.5 Å². The third-order valence-corrected chi connectivity index (χ3v) is 4.71. The Morgan fingerprint density at radius 1 is 1.14 bits per heavy atom. The molecule has 0 bridgehead atoms. The second-order valence-corrected chi connectivity index (χ2v) is 7.09. The zero-order valence-corrected chi connectivity index (χ0v) is 14.4. The van der Waals surface area contributed by atoms with Gasteiger partial charge in [-0.2, -0.15) is 35.1 Å². The molecular weight excluding hydrogens is 417 g/mol. The lowest BCUT2D eigenvalue weighted by atomic mass is 10.2. The van der Waals surface area contributed by atoms with Crippen molar-refractivity contribution in [2.75, 3.05) is 0 Å². The van der Waals surface area contributed by atoms with Crippen LogP contribution >= 0.6 is 0 Å². The minimum absolute atomic E-state index is 0.0281. The Labute approximate surface area is 153 Å². The molecule has 0 aromatic carbocycles. The normalized spacial score (nSPS) is 14.2. The van der Waals surface area contributed by atoms with Gasteiger partial charge in [-0.1, -0.05) is 0 Å². The summed E-state index contributed by atoms with van der Waals surface area (Å²) in [6, 6.07) is 2.08. The molecule has 0 N–H and O–H groups in total. The van der Waals surface area contributed by atoms with Crippen molar-refractivity contribution in [1.82, 2.24) is 14.8 Å². The molecule has 0 aliphatic heterocycles. The zero-order valence-electron chi connectivity index (χ0n) is 13.6. The molecule has 1 aliphatic rings. The lowest BCUT2D eigenvalue weighted by Crippen LogP contribution is -2.31. The number of hydrogen-bond acceptors (Lipinski definition) is 7. The third-order valence-electron chi connectivity index (χ3n) is 3.76. The van der Waals surface area contributed by atoms with E-state index in [1.54, 1.807) is 0 Å². The van der Waals surface area contributed by atoms with Crippen LogP contribution in [0.3, 0.4) is 0 Å². The molecule has 0 saturated heterocycles. The van der Waals surface area contributed by atoms with E-state index in [9.17, 15) is 35.2 Å². The Balaban J connectivity index is 2.07. The summed E-state index contributed by atoms with van der Waals surface area (Å²) in [6.07, 6.45) is 1.59. The van der Waals surface area contributed by atoms with E-state index < -0.39 is 39.6 Å². The predicted octanol–water partition coefficient (Wildman–Crippen LogP) is 1.95. The quantitative estimate of drug-likeness (QED) is 0.408. The van der Waals surface area contributed by atoms with Gasteiger partial charge < -0.3 is 8.92 Å². The first-order valence-corrected chi connectivity index (χ1v) is 8.97. The molecule has 0 unspecified atom stereocenters. The summed E-state index contributed by atoms with van der Waals surface area (Å²) >= 11 is 0. The van der Waals surface area contributed by atoms with E-state index in [-0.39, 0.29) is 29.7 Å². The molecule has 28 heavy (non-hydrogen) atoms. The van der Waals surface area contributed by atoms with Crippen molar-refractivity contribution in [3.8, 4) is 17.4 Å². The lowest BCUT2D eigenvalue weighted by molar-refractivity contribution is -0.0529. The van der Waals surface area contributed by atoms with Crippen LogP contribution in [0, 0.1) is 0 Å². The van der Waals surface area contributed by atoms with Crippen molar-refractivity contribution in [2.45, 2.75) is 31.4 Å². The summed E-state index contributed by atoms with van der Waals surface area (Å²) in [5.74, 6) is -1.35. The van der Waals surface area contributed by atoms with E-state index in [0.717, 1.165) is 18.3 Å². The number of ether oxygens (including phenoxy) is 1. The Morgan fingerprint density at radius 2 is 1.82 bits per heavy atom. The van der Waals surface area contributed by atoms with E-state index in [1.165, 1.54) is 0 Å². The minimum Gasteiger partial charge on any atom is -0.417 e. The molecule has 0 saturated carbocycles. The van der Waals surface area contributed by atoms with Gasteiger partial charge in [0, 0.05) is 17.2 Å². The molecule has 8 nitrogen and oxygen atoms in total. The van der Waals surface area contributed by atoms with Crippen molar-refractivity contribution in [2.24, 2.45) is 0 Å². The van der Waals surface area contributed by atoms with E-state index in [2.05, 4.69) is 19.0 Å². The second-order valence-electron chi connectivity index (χ2n) is 5.55. The van der Waals surface area contributed by atoms with E-state index in [1.807, 2.05) is 0 Å². The Morgan fingerprint density at radius 3 is 2.39 bits per heavy atom. The molecule has 2 aromatic rings. The minimum atomic E-state index is -6.00. The Bertz CT molecular complexity index is 1050. The van der Waals surface area contributed by atoms with Crippen LogP contribution in [-0.2, 0) is 23.0 Å². The highest BCUT2D eigenvalue weighted by Gasteiger charge is 2.49. The van der Waals surface area contributed by atoms with Gasteiger partial charge in [-0.15, -0.1) is 5.10 Å². The van der Waals surface area contributed by atoms with Crippen molar-refractivity contribution in [3.05, 3.63) is 39.8 Å². The maximum absolute atomic E-state index is 12.6. The first kappa shape index (κ1) is 20.0. The van der Waals surface area contributed by atoms with Crippen molar-refractivity contribution >= 4 is 10.1 Å². The van der Waals surface area contributed by atoms with Gasteiger partial charge in [0.15, 0.2) is 0 Å². The number of rotatable bonds is 5. The van der Waals surface area contributed by atoms with Crippen LogP contribution in [0.2, 0.25) is 0 Å². The number of aromatic nitrogens is 3. The van der Waals surface area contributed by atoms with Gasteiger partial charge in [-0.05, 0) is 25.3 Å². The summed E-state index contributed by atoms with van der Waals surface area (Å²) in [4.78, 5) is 16.1. The second kappa shape index (κ2) is 7.00. The Kier molecular flexibility index (Phi) is 4.99. The van der Waals surface area contributed by atoms with Crippen molar-refractivity contribution < 1.29 is 39.3 Å². The fourth-order valence-corrected chi connectivity index (χ4v) is 3.03. The number of fused-ring (bicyclic) bond motifs is 1. The van der Waals surface area contributed by atoms with E-state index in [4.69, 9.17) is 0 Å². The van der Waals surface area contributed by atoms with Gasteiger partial charge in [0.05, 0.1) is 11.9 Å². The van der Waals surface area contributed by atoms with E-state index in [0.29, 0.717) is 11.1 Å². The third kappa shape index (κ3) is 3.76. The van der Waals surface area contributed by atoms with Crippen LogP contribution in [0.4, 0.5) is 22.0 Å². The first-order valence-electron chi connectivity index (χ1n) is 7.56. The summed E-state index contributed by atoms with van der Waals surface area (Å²) in [7, 11) is -6.00. The highest BCUT2D eigenvalue weighted by atomic mass is 32.2. The molecule has 0 atom stereocenters. The maximum atomic E-state index is 12.6. The summed E-state index contributed by atoms with van der Waals surface area (Å²) < 4.78 is 93.7. The van der Waals surface area contributed by atoms with Gasteiger partial charge >= 0.3 is 22.2 Å². The van der Waals surface area contributed by atoms with E-state index >= 15 is 0 Å². The average Bonchev–Trinajstić information content (AvgIpc) is 3.07. The van der Waals surface area contributed by atoms with Crippen LogP contribution < -0.4 is 14.5 Å². The van der Waals surface area contributed by atoms with Gasteiger partial charge in [0.25, 0.3) is 11.4 Å². The molecule has 152 valence electrons. The number of pyridine rings is 1. The molecule has 1 aliphatic carbocycles. The molecule has 2 aromatic heterocycles. The fourth-order valence-electron chi connectivity index (χ4n) is 2.59. The van der Waals surface area contributed by atoms with Gasteiger partial charge in [0.1, 0.15) is 0 Å². The maximum Gasteiger partial charge on any atom is 0.534 e. The van der Waals surface area contributed by atoms with Crippen molar-refractivity contribution in [3.63, 3.8) is 0 Å². The van der Waals surface area contributed by atoms with Gasteiger partial charge in [0.2, 0.25) is 5.88 Å². The predicted molar refractivity (Wildman–Crippen MR) is 81.9 cm³/mol. The number of nitrogens with zero attached hydrogens (tertiary/aromatic N) is 3.